The summed E-state index contributed by atoms with van der Waals surface area (Å²) >= 11 is 13.9. The van der Waals surface area contributed by atoms with Crippen LogP contribution in [0.3, 0.4) is 0 Å². The van der Waals surface area contributed by atoms with Crippen molar-refractivity contribution in [3.63, 3.8) is 0 Å². The van der Waals surface area contributed by atoms with E-state index >= 15 is 0 Å². The topological polar surface area (TPSA) is 67.8 Å². The van der Waals surface area contributed by atoms with Crippen LogP contribution in [0.2, 0.25) is 10.0 Å². The molecule has 0 fully saturated rings. The molecular formula is C21H13Cl2IN2O3. The molecular weight excluding hydrogens is 526 g/mol. The predicted molar refractivity (Wildman–Crippen MR) is 122 cm³/mol. The predicted octanol–water partition coefficient (Wildman–Crippen LogP) is 5.58. The number of hydrazone groups is 1. The SMILES string of the molecule is O=C(Oc1ccc(/C=N\NC(=O)c2ccccc2I)cc1)c1ccc(Cl)cc1Cl. The Kier molecular flexibility index (Phi) is 7.24. The molecule has 5 nitrogen and oxygen atoms in total. The van der Waals surface area contributed by atoms with Gasteiger partial charge in [-0.05, 0) is 82.8 Å². The molecule has 0 heterocycles. The van der Waals surface area contributed by atoms with Crippen molar-refractivity contribution in [3.8, 4) is 5.75 Å². The van der Waals surface area contributed by atoms with Crippen LogP contribution in [0.4, 0.5) is 0 Å². The van der Waals surface area contributed by atoms with Gasteiger partial charge in [0, 0.05) is 8.59 Å². The average molecular weight is 539 g/mol. The zero-order valence-corrected chi connectivity index (χ0v) is 18.4. The standard InChI is InChI=1S/C21H13Cl2IN2O3/c22-14-7-10-16(18(23)11-14)21(28)29-15-8-5-13(6-9-15)12-25-26-20(27)17-3-1-2-4-19(17)24/h1-12H,(H,26,27)/b25-12-. The van der Waals surface area contributed by atoms with Crippen molar-refractivity contribution in [2.45, 2.75) is 0 Å². The van der Waals surface area contributed by atoms with Crippen molar-refractivity contribution in [2.75, 3.05) is 0 Å². The molecule has 1 N–H and O–H groups in total. The Hall–Kier alpha value is -2.42. The van der Waals surface area contributed by atoms with Crippen LogP contribution >= 0.6 is 45.8 Å². The first-order chi connectivity index (χ1) is 13.9. The maximum atomic E-state index is 12.2. The second-order valence-electron chi connectivity index (χ2n) is 5.76. The summed E-state index contributed by atoms with van der Waals surface area (Å²) < 4.78 is 6.15. The Morgan fingerprint density at radius 3 is 2.38 bits per heavy atom. The van der Waals surface area contributed by atoms with Crippen LogP contribution in [0.15, 0.2) is 71.8 Å². The summed E-state index contributed by atoms with van der Waals surface area (Å²) in [6, 6.07) is 18.4. The van der Waals surface area contributed by atoms with Crippen molar-refractivity contribution < 1.29 is 14.3 Å². The number of hydrogen-bond donors (Lipinski definition) is 1. The number of amides is 1. The summed E-state index contributed by atoms with van der Waals surface area (Å²) in [7, 11) is 0. The fourth-order valence-corrected chi connectivity index (χ4v) is 3.43. The molecule has 146 valence electrons. The Labute approximate surface area is 190 Å². The number of carbonyl (C=O) groups excluding carboxylic acids is 2. The van der Waals surface area contributed by atoms with Gasteiger partial charge in [-0.25, -0.2) is 10.2 Å². The summed E-state index contributed by atoms with van der Waals surface area (Å²) in [6.45, 7) is 0. The van der Waals surface area contributed by atoms with Gasteiger partial charge in [0.2, 0.25) is 0 Å². The van der Waals surface area contributed by atoms with E-state index in [1.54, 1.807) is 42.5 Å². The van der Waals surface area contributed by atoms with E-state index in [4.69, 9.17) is 27.9 Å². The molecule has 29 heavy (non-hydrogen) atoms. The first kappa shape index (κ1) is 21.3. The van der Waals surface area contributed by atoms with Crippen molar-refractivity contribution in [1.29, 1.82) is 0 Å². The van der Waals surface area contributed by atoms with Crippen molar-refractivity contribution in [2.24, 2.45) is 5.10 Å². The quantitative estimate of drug-likeness (QED) is 0.151. The number of ether oxygens (including phenoxy) is 1. The highest BCUT2D eigenvalue weighted by Crippen LogP contribution is 2.23. The molecule has 0 saturated heterocycles. The molecule has 0 radical (unpaired) electrons. The van der Waals surface area contributed by atoms with E-state index in [0.29, 0.717) is 16.3 Å². The molecule has 0 unspecified atom stereocenters. The minimum atomic E-state index is -0.585. The lowest BCUT2D eigenvalue weighted by Crippen LogP contribution is -2.18. The number of carbonyl (C=O) groups is 2. The molecule has 0 aliphatic heterocycles. The van der Waals surface area contributed by atoms with Crippen LogP contribution in [0.25, 0.3) is 0 Å². The van der Waals surface area contributed by atoms with E-state index in [0.717, 1.165) is 9.13 Å². The lowest BCUT2D eigenvalue weighted by molar-refractivity contribution is 0.0734. The number of benzene rings is 3. The van der Waals surface area contributed by atoms with Crippen molar-refractivity contribution in [3.05, 3.63) is 97.0 Å². The summed E-state index contributed by atoms with van der Waals surface area (Å²) in [6.07, 6.45) is 1.50. The maximum absolute atomic E-state index is 12.2. The first-order valence-electron chi connectivity index (χ1n) is 8.29. The summed E-state index contributed by atoms with van der Waals surface area (Å²) in [5, 5.41) is 4.60. The third-order valence-corrected chi connectivity index (χ3v) is 5.23. The summed E-state index contributed by atoms with van der Waals surface area (Å²) in [5.41, 5.74) is 3.97. The van der Waals surface area contributed by atoms with Gasteiger partial charge in [0.05, 0.1) is 22.4 Å². The molecule has 3 rings (SSSR count). The van der Waals surface area contributed by atoms with Gasteiger partial charge < -0.3 is 4.74 Å². The normalized spacial score (nSPS) is 10.7. The number of hydrogen-bond acceptors (Lipinski definition) is 4. The van der Waals surface area contributed by atoms with Gasteiger partial charge in [-0.1, -0.05) is 35.3 Å². The van der Waals surface area contributed by atoms with Crippen molar-refractivity contribution in [1.82, 2.24) is 5.43 Å². The zero-order chi connectivity index (χ0) is 20.8. The lowest BCUT2D eigenvalue weighted by atomic mass is 10.2. The zero-order valence-electron chi connectivity index (χ0n) is 14.7. The Bertz CT molecular complexity index is 1090. The van der Waals surface area contributed by atoms with Crippen LogP contribution in [-0.2, 0) is 0 Å². The van der Waals surface area contributed by atoms with E-state index in [1.807, 2.05) is 12.1 Å². The molecule has 3 aromatic rings. The number of halogens is 3. The van der Waals surface area contributed by atoms with Gasteiger partial charge in [-0.3, -0.25) is 4.79 Å². The van der Waals surface area contributed by atoms with E-state index in [2.05, 4.69) is 33.1 Å². The summed E-state index contributed by atoms with van der Waals surface area (Å²) in [4.78, 5) is 24.3. The highest BCUT2D eigenvalue weighted by Gasteiger charge is 2.13. The molecule has 1 amide bonds. The van der Waals surface area contributed by atoms with Gasteiger partial charge in [0.15, 0.2) is 0 Å². The van der Waals surface area contributed by atoms with Crippen molar-refractivity contribution >= 4 is 63.9 Å². The molecule has 3 aromatic carbocycles. The number of esters is 1. The Morgan fingerprint density at radius 1 is 0.966 bits per heavy atom. The van der Waals surface area contributed by atoms with Gasteiger partial charge >= 0.3 is 5.97 Å². The molecule has 0 aliphatic carbocycles. The fourth-order valence-electron chi connectivity index (χ4n) is 2.31. The first-order valence-corrected chi connectivity index (χ1v) is 10.1. The largest absolute Gasteiger partial charge is 0.423 e. The molecule has 0 bridgehead atoms. The molecule has 0 aliphatic rings. The van der Waals surface area contributed by atoms with E-state index in [1.165, 1.54) is 18.3 Å². The Morgan fingerprint density at radius 2 is 1.69 bits per heavy atom. The van der Waals surface area contributed by atoms with Crippen LogP contribution in [0.1, 0.15) is 26.3 Å². The second-order valence-corrected chi connectivity index (χ2v) is 7.77. The van der Waals surface area contributed by atoms with Crippen LogP contribution < -0.4 is 10.2 Å². The third kappa shape index (κ3) is 5.79. The van der Waals surface area contributed by atoms with Gasteiger partial charge in [0.1, 0.15) is 5.75 Å². The second kappa shape index (κ2) is 9.87. The van der Waals surface area contributed by atoms with Crippen LogP contribution in [0, 0.1) is 3.57 Å². The highest BCUT2D eigenvalue weighted by molar-refractivity contribution is 14.1. The lowest BCUT2D eigenvalue weighted by Gasteiger charge is -2.06. The third-order valence-electron chi connectivity index (χ3n) is 3.74. The smallest absolute Gasteiger partial charge is 0.345 e. The summed E-state index contributed by atoms with van der Waals surface area (Å²) in [5.74, 6) is -0.532. The number of nitrogens with zero attached hydrogens (tertiary/aromatic N) is 1. The van der Waals surface area contributed by atoms with E-state index in [9.17, 15) is 9.59 Å². The van der Waals surface area contributed by atoms with E-state index in [-0.39, 0.29) is 16.5 Å². The highest BCUT2D eigenvalue weighted by atomic mass is 127. The molecule has 0 saturated carbocycles. The van der Waals surface area contributed by atoms with Gasteiger partial charge in [0.25, 0.3) is 5.91 Å². The minimum absolute atomic E-state index is 0.218. The van der Waals surface area contributed by atoms with Gasteiger partial charge in [-0.2, -0.15) is 5.10 Å². The molecule has 0 spiro atoms. The molecule has 8 heteroatoms. The molecule has 0 aromatic heterocycles. The molecule has 0 atom stereocenters. The van der Waals surface area contributed by atoms with E-state index < -0.39 is 5.97 Å². The van der Waals surface area contributed by atoms with Crippen LogP contribution in [-0.4, -0.2) is 18.1 Å². The maximum Gasteiger partial charge on any atom is 0.345 e. The fraction of sp³-hybridized carbons (Fsp3) is 0. The van der Waals surface area contributed by atoms with Gasteiger partial charge in [-0.15, -0.1) is 0 Å². The van der Waals surface area contributed by atoms with Crippen LogP contribution in [0.5, 0.6) is 5.75 Å². The minimum Gasteiger partial charge on any atom is -0.423 e. The number of nitrogens with one attached hydrogen (secondary N) is 1. The Balaban J connectivity index is 1.60. The monoisotopic (exact) mass is 538 g/mol. The average Bonchev–Trinajstić information content (AvgIpc) is 2.69. The number of rotatable bonds is 5.